The van der Waals surface area contributed by atoms with E-state index in [0.29, 0.717) is 31.3 Å². The maximum Gasteiger partial charge on any atom is 0.341 e. The predicted octanol–water partition coefficient (Wildman–Crippen LogP) is 6.55. The fourth-order valence-electron chi connectivity index (χ4n) is 4.28. The minimum atomic E-state index is -1.02. The molecule has 3 aromatic carbocycles. The molecule has 0 bridgehead atoms. The summed E-state index contributed by atoms with van der Waals surface area (Å²) in [5.41, 5.74) is 5.06. The highest BCUT2D eigenvalue weighted by Crippen LogP contribution is 2.41. The van der Waals surface area contributed by atoms with Crippen molar-refractivity contribution in [1.29, 1.82) is 0 Å². The molecule has 2 heterocycles. The molecule has 5 rings (SSSR count). The van der Waals surface area contributed by atoms with Gasteiger partial charge in [0.15, 0.2) is 18.1 Å². The van der Waals surface area contributed by atoms with Gasteiger partial charge in [-0.25, -0.2) is 9.78 Å². The average Bonchev–Trinajstić information content (AvgIpc) is 3.36. The summed E-state index contributed by atoms with van der Waals surface area (Å²) in [4.78, 5) is 16.8. The zero-order valence-electron chi connectivity index (χ0n) is 21.4. The number of carboxylic acids is 1. The zero-order valence-corrected chi connectivity index (χ0v) is 22.2. The van der Waals surface area contributed by atoms with E-state index in [9.17, 15) is 4.79 Å². The highest BCUT2D eigenvalue weighted by Gasteiger charge is 2.19. The molecule has 1 aromatic heterocycles. The van der Waals surface area contributed by atoms with E-state index in [4.69, 9.17) is 29.0 Å². The van der Waals surface area contributed by atoms with Gasteiger partial charge in [-0.05, 0) is 66.4 Å². The number of nitrogens with zero attached hydrogens (tertiary/aromatic N) is 1. The standard InChI is InChI=1S/C30H29NO6S/c1-3-4-20-5-7-21(8-6-20)30-29(22-9-11-25-26(16-22)35-14-13-34-25)31-27(38-30)17-36-23-10-12-24(19(2)15-23)37-18-28(32)33/h5-12,15-16H,3-4,13-14,17-18H2,1-2H3,(H,32,33). The predicted molar refractivity (Wildman–Crippen MR) is 147 cm³/mol. The van der Waals surface area contributed by atoms with E-state index in [1.54, 1.807) is 23.5 Å². The number of rotatable bonds is 10. The van der Waals surface area contributed by atoms with Crippen molar-refractivity contribution in [2.24, 2.45) is 0 Å². The monoisotopic (exact) mass is 531 g/mol. The van der Waals surface area contributed by atoms with E-state index in [-0.39, 0.29) is 6.61 Å². The van der Waals surface area contributed by atoms with Gasteiger partial charge in [0.2, 0.25) is 0 Å². The van der Waals surface area contributed by atoms with E-state index in [1.165, 1.54) is 5.56 Å². The molecule has 8 heteroatoms. The fraction of sp³-hybridized carbons (Fsp3) is 0.267. The molecule has 0 spiro atoms. The summed E-state index contributed by atoms with van der Waals surface area (Å²) in [5, 5.41) is 9.69. The van der Waals surface area contributed by atoms with Crippen LogP contribution in [0.3, 0.4) is 0 Å². The molecular formula is C30H29NO6S. The Kier molecular flexibility index (Phi) is 7.79. The normalized spacial score (nSPS) is 12.3. The second-order valence-corrected chi connectivity index (χ2v) is 10.1. The molecule has 4 aromatic rings. The molecule has 0 saturated heterocycles. The van der Waals surface area contributed by atoms with Crippen LogP contribution in [0.25, 0.3) is 21.7 Å². The Labute approximate surface area is 225 Å². The van der Waals surface area contributed by atoms with Gasteiger partial charge >= 0.3 is 5.97 Å². The third-order valence-corrected chi connectivity index (χ3v) is 7.18. The summed E-state index contributed by atoms with van der Waals surface area (Å²) in [6, 6.07) is 19.9. The number of hydrogen-bond donors (Lipinski definition) is 1. The minimum absolute atomic E-state index is 0.297. The Morgan fingerprint density at radius 1 is 0.974 bits per heavy atom. The van der Waals surface area contributed by atoms with Crippen LogP contribution < -0.4 is 18.9 Å². The molecule has 38 heavy (non-hydrogen) atoms. The summed E-state index contributed by atoms with van der Waals surface area (Å²) in [7, 11) is 0. The second kappa shape index (κ2) is 11.6. The summed E-state index contributed by atoms with van der Waals surface area (Å²) in [5.74, 6) is 1.63. The van der Waals surface area contributed by atoms with Gasteiger partial charge in [-0.1, -0.05) is 37.6 Å². The number of aliphatic carboxylic acids is 1. The number of aromatic nitrogens is 1. The molecule has 0 fully saturated rings. The van der Waals surface area contributed by atoms with Crippen LogP contribution in [0.1, 0.15) is 29.5 Å². The highest BCUT2D eigenvalue weighted by atomic mass is 32.1. The lowest BCUT2D eigenvalue weighted by Gasteiger charge is -2.18. The Morgan fingerprint density at radius 3 is 2.47 bits per heavy atom. The minimum Gasteiger partial charge on any atom is -0.486 e. The van der Waals surface area contributed by atoms with Crippen LogP contribution in [0.4, 0.5) is 0 Å². The molecule has 196 valence electrons. The Bertz CT molecular complexity index is 1430. The fourth-order valence-corrected chi connectivity index (χ4v) is 5.28. The van der Waals surface area contributed by atoms with Crippen LogP contribution >= 0.6 is 11.3 Å². The average molecular weight is 532 g/mol. The second-order valence-electron chi connectivity index (χ2n) is 8.99. The maximum absolute atomic E-state index is 10.8. The maximum atomic E-state index is 10.8. The molecule has 7 nitrogen and oxygen atoms in total. The SMILES string of the molecule is CCCc1ccc(-c2sc(COc3ccc(OCC(=O)O)c(C)c3)nc2-c2ccc3c(c2)OCCO3)cc1. The molecule has 0 unspecified atom stereocenters. The van der Waals surface area contributed by atoms with Gasteiger partial charge in [-0.2, -0.15) is 0 Å². The number of benzene rings is 3. The quantitative estimate of drug-likeness (QED) is 0.248. The zero-order chi connectivity index (χ0) is 26.5. The van der Waals surface area contributed by atoms with Gasteiger partial charge in [-0.15, -0.1) is 11.3 Å². The molecule has 0 radical (unpaired) electrons. The first kappa shape index (κ1) is 25.6. The van der Waals surface area contributed by atoms with E-state index < -0.39 is 5.97 Å². The molecular weight excluding hydrogens is 502 g/mol. The van der Waals surface area contributed by atoms with Gasteiger partial charge in [-0.3, -0.25) is 0 Å². The van der Waals surface area contributed by atoms with Crippen LogP contribution in [0, 0.1) is 6.92 Å². The summed E-state index contributed by atoms with van der Waals surface area (Å²) in [6.45, 7) is 5.02. The summed E-state index contributed by atoms with van der Waals surface area (Å²) in [6.07, 6.45) is 2.16. The van der Waals surface area contributed by atoms with Crippen LogP contribution in [0.15, 0.2) is 60.7 Å². The Balaban J connectivity index is 1.41. The van der Waals surface area contributed by atoms with Gasteiger partial charge < -0.3 is 24.1 Å². The third kappa shape index (κ3) is 5.92. The Hall–Kier alpha value is -4.04. The van der Waals surface area contributed by atoms with Gasteiger partial charge in [0.25, 0.3) is 0 Å². The smallest absolute Gasteiger partial charge is 0.341 e. The number of hydrogen-bond acceptors (Lipinski definition) is 7. The van der Waals surface area contributed by atoms with Crippen molar-refractivity contribution in [2.75, 3.05) is 19.8 Å². The van der Waals surface area contributed by atoms with Crippen molar-refractivity contribution >= 4 is 17.3 Å². The van der Waals surface area contributed by atoms with Gasteiger partial charge in [0.05, 0.1) is 10.6 Å². The number of fused-ring (bicyclic) bond motifs is 1. The van der Waals surface area contributed by atoms with E-state index in [2.05, 4.69) is 31.2 Å². The Morgan fingerprint density at radius 2 is 1.74 bits per heavy atom. The van der Waals surface area contributed by atoms with Crippen molar-refractivity contribution in [3.05, 3.63) is 76.8 Å². The number of carboxylic acid groups (broad SMARTS) is 1. The number of carbonyl (C=O) groups is 1. The molecule has 1 N–H and O–H groups in total. The van der Waals surface area contributed by atoms with Crippen molar-refractivity contribution in [2.45, 2.75) is 33.3 Å². The van der Waals surface area contributed by atoms with Gasteiger partial charge in [0, 0.05) is 5.56 Å². The summed E-state index contributed by atoms with van der Waals surface area (Å²) >= 11 is 1.60. The van der Waals surface area contributed by atoms with Crippen molar-refractivity contribution in [1.82, 2.24) is 4.98 Å². The molecule has 0 atom stereocenters. The van der Waals surface area contributed by atoms with Crippen molar-refractivity contribution in [3.63, 3.8) is 0 Å². The molecule has 0 saturated carbocycles. The lowest BCUT2D eigenvalue weighted by Crippen LogP contribution is -2.15. The topological polar surface area (TPSA) is 87.1 Å². The molecule has 1 aliphatic heterocycles. The molecule has 0 amide bonds. The third-order valence-electron chi connectivity index (χ3n) is 6.10. The van der Waals surface area contributed by atoms with E-state index >= 15 is 0 Å². The first-order valence-corrected chi connectivity index (χ1v) is 13.4. The lowest BCUT2D eigenvalue weighted by atomic mass is 10.0. The van der Waals surface area contributed by atoms with E-state index in [1.807, 2.05) is 31.2 Å². The number of thiazole rings is 1. The van der Waals surface area contributed by atoms with Crippen molar-refractivity contribution < 1.29 is 28.8 Å². The first-order chi connectivity index (χ1) is 18.5. The number of ether oxygens (including phenoxy) is 4. The van der Waals surface area contributed by atoms with E-state index in [0.717, 1.165) is 56.6 Å². The molecule has 1 aliphatic rings. The number of aryl methyl sites for hydroxylation is 2. The summed E-state index contributed by atoms with van der Waals surface area (Å²) < 4.78 is 22.9. The van der Waals surface area contributed by atoms with Crippen LogP contribution in [-0.2, 0) is 17.8 Å². The van der Waals surface area contributed by atoms with Crippen LogP contribution in [0.2, 0.25) is 0 Å². The van der Waals surface area contributed by atoms with Crippen LogP contribution in [0.5, 0.6) is 23.0 Å². The van der Waals surface area contributed by atoms with Crippen LogP contribution in [-0.4, -0.2) is 35.9 Å². The molecule has 0 aliphatic carbocycles. The highest BCUT2D eigenvalue weighted by molar-refractivity contribution is 7.15. The van der Waals surface area contributed by atoms with Gasteiger partial charge in [0.1, 0.15) is 36.3 Å². The van der Waals surface area contributed by atoms with Crippen molar-refractivity contribution in [3.8, 4) is 44.7 Å². The lowest BCUT2D eigenvalue weighted by molar-refractivity contribution is -0.139. The largest absolute Gasteiger partial charge is 0.486 e. The first-order valence-electron chi connectivity index (χ1n) is 12.6.